The largest absolute Gasteiger partial charge is 0.356 e. The summed E-state index contributed by atoms with van der Waals surface area (Å²) in [7, 11) is 0. The topological polar surface area (TPSA) is 94.3 Å². The van der Waals surface area contributed by atoms with Gasteiger partial charge in [0.25, 0.3) is 5.91 Å². The third-order valence-electron chi connectivity index (χ3n) is 6.74. The van der Waals surface area contributed by atoms with Crippen LogP contribution >= 0.6 is 0 Å². The number of aromatic amines is 1. The Kier molecular flexibility index (Phi) is 5.40. The number of fused-ring (bicyclic) bond motifs is 7. The first-order valence-electron chi connectivity index (χ1n) is 11.6. The van der Waals surface area contributed by atoms with E-state index in [2.05, 4.69) is 22.5 Å². The first-order chi connectivity index (χ1) is 16.0. The Hall–Kier alpha value is -3.61. The molecule has 0 aliphatic carbocycles. The van der Waals surface area contributed by atoms with Crippen molar-refractivity contribution in [1.82, 2.24) is 20.5 Å². The summed E-state index contributed by atoms with van der Waals surface area (Å²) in [6.45, 7) is 4.32. The summed E-state index contributed by atoms with van der Waals surface area (Å²) in [5.41, 5.74) is 4.53. The second-order valence-corrected chi connectivity index (χ2v) is 8.86. The maximum Gasteiger partial charge on any atom is 0.255 e. The third-order valence-corrected chi connectivity index (χ3v) is 6.74. The molecule has 3 aromatic rings. The Bertz CT molecular complexity index is 1250. The zero-order chi connectivity index (χ0) is 23.1. The third kappa shape index (κ3) is 3.48. The van der Waals surface area contributed by atoms with E-state index < -0.39 is 12.1 Å². The number of nitrogens with zero attached hydrogens (tertiary/aromatic N) is 1. The molecule has 33 heavy (non-hydrogen) atoms. The van der Waals surface area contributed by atoms with Crippen LogP contribution in [-0.4, -0.2) is 46.2 Å². The van der Waals surface area contributed by atoms with E-state index in [1.165, 1.54) is 0 Å². The van der Waals surface area contributed by atoms with Gasteiger partial charge in [-0.1, -0.05) is 49.7 Å². The van der Waals surface area contributed by atoms with Gasteiger partial charge in [0.05, 0.1) is 6.04 Å². The van der Waals surface area contributed by atoms with Crippen LogP contribution in [0.2, 0.25) is 0 Å². The molecule has 3 atom stereocenters. The summed E-state index contributed by atoms with van der Waals surface area (Å²) >= 11 is 0. The van der Waals surface area contributed by atoms with Crippen molar-refractivity contribution >= 4 is 28.6 Å². The molecule has 0 radical (unpaired) electrons. The maximum absolute atomic E-state index is 13.5. The minimum absolute atomic E-state index is 0.153. The molecule has 0 saturated carbocycles. The van der Waals surface area contributed by atoms with Crippen LogP contribution in [0.4, 0.5) is 0 Å². The van der Waals surface area contributed by atoms with E-state index in [1.54, 1.807) is 11.8 Å². The number of unbranched alkanes of at least 4 members (excludes halogenated alkanes) is 1. The van der Waals surface area contributed by atoms with Crippen molar-refractivity contribution in [2.45, 2.75) is 51.2 Å². The molecule has 1 unspecified atom stereocenters. The lowest BCUT2D eigenvalue weighted by atomic mass is 9.90. The van der Waals surface area contributed by atoms with E-state index in [9.17, 15) is 14.4 Å². The zero-order valence-corrected chi connectivity index (χ0v) is 18.9. The number of H-pyrrole nitrogens is 1. The number of amides is 3. The lowest BCUT2D eigenvalue weighted by Gasteiger charge is -2.37. The number of carbonyl (C=O) groups excluding carboxylic acids is 3. The van der Waals surface area contributed by atoms with Crippen LogP contribution in [0.1, 0.15) is 59.9 Å². The van der Waals surface area contributed by atoms with Crippen LogP contribution in [0.15, 0.2) is 48.5 Å². The van der Waals surface area contributed by atoms with Gasteiger partial charge in [-0.3, -0.25) is 14.4 Å². The summed E-state index contributed by atoms with van der Waals surface area (Å²) in [5.74, 6) is -0.677. The molecule has 2 aliphatic heterocycles. The Morgan fingerprint density at radius 3 is 2.73 bits per heavy atom. The van der Waals surface area contributed by atoms with Crippen LogP contribution in [0.25, 0.3) is 10.9 Å². The highest BCUT2D eigenvalue weighted by molar-refractivity contribution is 6.04. The van der Waals surface area contributed by atoms with Crippen LogP contribution in [-0.2, 0) is 16.0 Å². The molecule has 5 rings (SSSR count). The fraction of sp³-hybridized carbons (Fsp3) is 0.346. The molecule has 3 N–H and O–H groups in total. The molecule has 170 valence electrons. The van der Waals surface area contributed by atoms with Crippen LogP contribution in [0, 0.1) is 0 Å². The molecular weight excluding hydrogens is 416 g/mol. The van der Waals surface area contributed by atoms with E-state index in [-0.39, 0.29) is 23.8 Å². The van der Waals surface area contributed by atoms with Gasteiger partial charge in [0.15, 0.2) is 0 Å². The number of aromatic nitrogens is 1. The molecule has 3 amide bonds. The number of para-hydroxylation sites is 1. The van der Waals surface area contributed by atoms with E-state index in [4.69, 9.17) is 0 Å². The van der Waals surface area contributed by atoms with Gasteiger partial charge >= 0.3 is 0 Å². The zero-order valence-electron chi connectivity index (χ0n) is 18.9. The molecule has 0 saturated heterocycles. The Morgan fingerprint density at radius 2 is 1.91 bits per heavy atom. The highest BCUT2D eigenvalue weighted by atomic mass is 16.2. The van der Waals surface area contributed by atoms with Crippen molar-refractivity contribution in [3.63, 3.8) is 0 Å². The Labute approximate surface area is 192 Å². The SMILES string of the molecule is CCCCNC(=O)[C@H](C)NC(=O)[C@@H]1Cc2c([nH]c3ccccc23)C2c3ccccc3C(=O)N21. The summed E-state index contributed by atoms with van der Waals surface area (Å²) in [5, 5.41) is 6.77. The normalized spacial score (nSPS) is 19.6. The standard InChI is InChI=1S/C26H28N4O3/c1-3-4-13-27-24(31)15(2)28-25(32)21-14-19-16-9-7-8-12-20(16)29-22(19)23-17-10-5-6-11-18(17)26(33)30(21)23/h5-12,15,21,23,29H,3-4,13-14H2,1-2H3,(H,27,31)(H,28,32)/t15-,21-,23?/m0/s1. The van der Waals surface area contributed by atoms with Crippen molar-refractivity contribution in [3.8, 4) is 0 Å². The van der Waals surface area contributed by atoms with Gasteiger partial charge in [0, 0.05) is 35.1 Å². The van der Waals surface area contributed by atoms with Gasteiger partial charge in [-0.2, -0.15) is 0 Å². The fourth-order valence-electron chi connectivity index (χ4n) is 5.05. The van der Waals surface area contributed by atoms with Gasteiger partial charge in [0.2, 0.25) is 11.8 Å². The molecular formula is C26H28N4O3. The first-order valence-corrected chi connectivity index (χ1v) is 11.6. The van der Waals surface area contributed by atoms with Gasteiger partial charge in [-0.15, -0.1) is 0 Å². The van der Waals surface area contributed by atoms with Gasteiger partial charge in [-0.05, 0) is 36.6 Å². The molecule has 7 nitrogen and oxygen atoms in total. The second-order valence-electron chi connectivity index (χ2n) is 8.86. The highest BCUT2D eigenvalue weighted by Crippen LogP contribution is 2.46. The molecule has 2 aromatic carbocycles. The number of rotatable bonds is 6. The van der Waals surface area contributed by atoms with E-state index >= 15 is 0 Å². The van der Waals surface area contributed by atoms with Crippen LogP contribution in [0.5, 0.6) is 0 Å². The quantitative estimate of drug-likeness (QED) is 0.510. The van der Waals surface area contributed by atoms with Crippen molar-refractivity contribution < 1.29 is 14.4 Å². The highest BCUT2D eigenvalue weighted by Gasteiger charge is 2.49. The van der Waals surface area contributed by atoms with Crippen molar-refractivity contribution in [1.29, 1.82) is 0 Å². The summed E-state index contributed by atoms with van der Waals surface area (Å²) < 4.78 is 0. The Morgan fingerprint density at radius 1 is 1.15 bits per heavy atom. The molecule has 7 heteroatoms. The monoisotopic (exact) mass is 444 g/mol. The van der Waals surface area contributed by atoms with Crippen molar-refractivity contribution in [2.24, 2.45) is 0 Å². The molecule has 1 aromatic heterocycles. The van der Waals surface area contributed by atoms with Crippen LogP contribution < -0.4 is 10.6 Å². The number of hydrogen-bond donors (Lipinski definition) is 3. The minimum atomic E-state index is -0.701. The van der Waals surface area contributed by atoms with E-state index in [1.807, 2.05) is 48.5 Å². The number of benzene rings is 2. The van der Waals surface area contributed by atoms with E-state index in [0.29, 0.717) is 18.5 Å². The predicted molar refractivity (Wildman–Crippen MR) is 126 cm³/mol. The fourth-order valence-corrected chi connectivity index (χ4v) is 5.05. The Balaban J connectivity index is 1.50. The second kappa shape index (κ2) is 8.39. The van der Waals surface area contributed by atoms with Crippen molar-refractivity contribution in [3.05, 3.63) is 70.9 Å². The summed E-state index contributed by atoms with van der Waals surface area (Å²) in [6, 6.07) is 13.8. The lowest BCUT2D eigenvalue weighted by molar-refractivity contribution is -0.131. The molecule has 3 heterocycles. The summed E-state index contributed by atoms with van der Waals surface area (Å²) in [6.07, 6.45) is 2.27. The average Bonchev–Trinajstić information content (AvgIpc) is 3.34. The van der Waals surface area contributed by atoms with E-state index in [0.717, 1.165) is 40.6 Å². The number of nitrogens with one attached hydrogen (secondary N) is 3. The van der Waals surface area contributed by atoms with Gasteiger partial charge < -0.3 is 20.5 Å². The lowest BCUT2D eigenvalue weighted by Crippen LogP contribution is -2.56. The average molecular weight is 445 g/mol. The first kappa shape index (κ1) is 21.2. The molecule has 0 bridgehead atoms. The van der Waals surface area contributed by atoms with Crippen LogP contribution in [0.3, 0.4) is 0 Å². The molecule has 0 fully saturated rings. The number of carbonyl (C=O) groups is 3. The summed E-state index contributed by atoms with van der Waals surface area (Å²) in [4.78, 5) is 44.5. The molecule has 2 aliphatic rings. The van der Waals surface area contributed by atoms with Crippen molar-refractivity contribution in [2.75, 3.05) is 6.54 Å². The molecule has 0 spiro atoms. The maximum atomic E-state index is 13.5. The smallest absolute Gasteiger partial charge is 0.255 e. The van der Waals surface area contributed by atoms with Gasteiger partial charge in [-0.25, -0.2) is 0 Å². The van der Waals surface area contributed by atoms with Gasteiger partial charge in [0.1, 0.15) is 12.1 Å². The number of hydrogen-bond acceptors (Lipinski definition) is 3. The minimum Gasteiger partial charge on any atom is -0.356 e. The predicted octanol–water partition coefficient (Wildman–Crippen LogP) is 3.06.